The third-order valence-corrected chi connectivity index (χ3v) is 3.41. The molecule has 0 fully saturated rings. The summed E-state index contributed by atoms with van der Waals surface area (Å²) in [4.78, 5) is 1.74. The van der Waals surface area contributed by atoms with Gasteiger partial charge in [0.15, 0.2) is 11.7 Å². The first-order chi connectivity index (χ1) is 9.02. The van der Waals surface area contributed by atoms with Crippen LogP contribution in [-0.2, 0) is 4.74 Å². The molecule has 0 aromatic heterocycles. The first-order valence-corrected chi connectivity index (χ1v) is 6.57. The number of benzene rings is 1. The van der Waals surface area contributed by atoms with E-state index in [1.807, 2.05) is 6.92 Å². The fourth-order valence-electron chi connectivity index (χ4n) is 1.55. The SMILES string of the molecule is CCOCCN(C)c1ccc(/C(N)=N/O)c(Br)c1F. The van der Waals surface area contributed by atoms with Gasteiger partial charge in [-0.1, -0.05) is 5.16 Å². The van der Waals surface area contributed by atoms with E-state index in [4.69, 9.17) is 15.7 Å². The zero-order chi connectivity index (χ0) is 14.4. The molecule has 0 heterocycles. The maximum absolute atomic E-state index is 14.2. The minimum absolute atomic E-state index is 0.144. The number of amidine groups is 1. The molecule has 0 aliphatic heterocycles. The summed E-state index contributed by atoms with van der Waals surface area (Å²) in [5, 5.41) is 11.5. The highest BCUT2D eigenvalue weighted by Crippen LogP contribution is 2.28. The molecule has 0 radical (unpaired) electrons. The Morgan fingerprint density at radius 3 is 2.84 bits per heavy atom. The zero-order valence-corrected chi connectivity index (χ0v) is 12.4. The Morgan fingerprint density at radius 2 is 2.26 bits per heavy atom. The lowest BCUT2D eigenvalue weighted by molar-refractivity contribution is 0.154. The van der Waals surface area contributed by atoms with Crippen molar-refractivity contribution >= 4 is 27.5 Å². The fourth-order valence-corrected chi connectivity index (χ4v) is 2.09. The van der Waals surface area contributed by atoms with Crippen molar-refractivity contribution in [2.24, 2.45) is 10.9 Å². The lowest BCUT2D eigenvalue weighted by Gasteiger charge is -2.21. The second kappa shape index (κ2) is 7.30. The molecule has 0 saturated carbocycles. The van der Waals surface area contributed by atoms with Gasteiger partial charge in [0, 0.05) is 25.8 Å². The molecule has 0 aliphatic rings. The monoisotopic (exact) mass is 333 g/mol. The number of hydrogen-bond donors (Lipinski definition) is 2. The standard InChI is InChI=1S/C12H17BrFN3O2/c1-3-19-7-6-17(2)9-5-4-8(12(15)16-18)10(13)11(9)14/h4-5,18H,3,6-7H2,1-2H3,(H2,15,16). The van der Waals surface area contributed by atoms with Gasteiger partial charge in [0.25, 0.3) is 0 Å². The van der Waals surface area contributed by atoms with E-state index >= 15 is 0 Å². The molecule has 19 heavy (non-hydrogen) atoms. The van der Waals surface area contributed by atoms with Crippen LogP contribution in [0.2, 0.25) is 0 Å². The van der Waals surface area contributed by atoms with Crippen LogP contribution in [0.4, 0.5) is 10.1 Å². The molecular weight excluding hydrogens is 317 g/mol. The molecule has 1 aromatic rings. The van der Waals surface area contributed by atoms with Crippen molar-refractivity contribution in [3.05, 3.63) is 28.0 Å². The normalized spacial score (nSPS) is 11.7. The minimum atomic E-state index is -0.455. The summed E-state index contributed by atoms with van der Waals surface area (Å²) in [7, 11) is 1.77. The van der Waals surface area contributed by atoms with Gasteiger partial charge in [-0.2, -0.15) is 0 Å². The molecule has 7 heteroatoms. The molecule has 1 rings (SSSR count). The molecule has 0 saturated heterocycles. The third-order valence-electron chi connectivity index (χ3n) is 2.63. The third kappa shape index (κ3) is 3.81. The predicted molar refractivity (Wildman–Crippen MR) is 76.4 cm³/mol. The van der Waals surface area contributed by atoms with E-state index in [0.29, 0.717) is 31.0 Å². The highest BCUT2D eigenvalue weighted by atomic mass is 79.9. The number of rotatable bonds is 6. The molecule has 5 nitrogen and oxygen atoms in total. The number of anilines is 1. The van der Waals surface area contributed by atoms with Gasteiger partial charge in [-0.3, -0.25) is 0 Å². The molecule has 106 valence electrons. The number of oxime groups is 1. The number of ether oxygens (including phenoxy) is 1. The minimum Gasteiger partial charge on any atom is -0.409 e. The highest BCUT2D eigenvalue weighted by Gasteiger charge is 2.16. The first kappa shape index (κ1) is 15.7. The molecular formula is C12H17BrFN3O2. The van der Waals surface area contributed by atoms with E-state index in [2.05, 4.69) is 21.1 Å². The van der Waals surface area contributed by atoms with Crippen molar-refractivity contribution in [3.8, 4) is 0 Å². The van der Waals surface area contributed by atoms with Gasteiger partial charge in [0.2, 0.25) is 0 Å². The Hall–Kier alpha value is -1.34. The van der Waals surface area contributed by atoms with E-state index < -0.39 is 5.82 Å². The van der Waals surface area contributed by atoms with Crippen LogP contribution in [0.5, 0.6) is 0 Å². The summed E-state index contributed by atoms with van der Waals surface area (Å²) in [6.45, 7) is 3.62. The van der Waals surface area contributed by atoms with Crippen molar-refractivity contribution in [2.75, 3.05) is 31.7 Å². The van der Waals surface area contributed by atoms with Gasteiger partial charge in [-0.05, 0) is 35.0 Å². The number of halogens is 2. The van der Waals surface area contributed by atoms with E-state index in [-0.39, 0.29) is 10.3 Å². The van der Waals surface area contributed by atoms with Crippen LogP contribution in [-0.4, -0.2) is 37.8 Å². The summed E-state index contributed by atoms with van der Waals surface area (Å²) in [5.41, 5.74) is 6.18. The Morgan fingerprint density at radius 1 is 1.58 bits per heavy atom. The van der Waals surface area contributed by atoms with Gasteiger partial charge < -0.3 is 20.6 Å². The van der Waals surface area contributed by atoms with Crippen molar-refractivity contribution < 1.29 is 14.3 Å². The van der Waals surface area contributed by atoms with Gasteiger partial charge >= 0.3 is 0 Å². The summed E-state index contributed by atoms with van der Waals surface area (Å²) in [6, 6.07) is 3.17. The molecule has 0 unspecified atom stereocenters. The van der Waals surface area contributed by atoms with Gasteiger partial charge in [0.05, 0.1) is 16.8 Å². The maximum Gasteiger partial charge on any atom is 0.171 e. The van der Waals surface area contributed by atoms with Crippen molar-refractivity contribution in [3.63, 3.8) is 0 Å². The van der Waals surface area contributed by atoms with Crippen LogP contribution in [0.25, 0.3) is 0 Å². The largest absolute Gasteiger partial charge is 0.409 e. The van der Waals surface area contributed by atoms with Gasteiger partial charge in [-0.25, -0.2) is 4.39 Å². The van der Waals surface area contributed by atoms with Crippen LogP contribution in [0.1, 0.15) is 12.5 Å². The number of nitrogens with two attached hydrogens (primary N) is 1. The molecule has 0 bridgehead atoms. The molecule has 0 spiro atoms. The quantitative estimate of drug-likeness (QED) is 0.275. The van der Waals surface area contributed by atoms with E-state index in [0.717, 1.165) is 0 Å². The van der Waals surface area contributed by atoms with Crippen molar-refractivity contribution in [1.29, 1.82) is 0 Å². The second-order valence-corrected chi connectivity index (χ2v) is 4.66. The summed E-state index contributed by atoms with van der Waals surface area (Å²) in [6.07, 6.45) is 0. The fraction of sp³-hybridized carbons (Fsp3) is 0.417. The molecule has 3 N–H and O–H groups in total. The first-order valence-electron chi connectivity index (χ1n) is 5.77. The van der Waals surface area contributed by atoms with Crippen LogP contribution in [0.3, 0.4) is 0 Å². The maximum atomic E-state index is 14.2. The van der Waals surface area contributed by atoms with E-state index in [1.54, 1.807) is 24.1 Å². The van der Waals surface area contributed by atoms with Gasteiger partial charge in [0.1, 0.15) is 0 Å². The predicted octanol–water partition coefficient (Wildman–Crippen LogP) is 2.16. The average Bonchev–Trinajstić information content (AvgIpc) is 2.41. The van der Waals surface area contributed by atoms with E-state index in [9.17, 15) is 4.39 Å². The van der Waals surface area contributed by atoms with Crippen LogP contribution in [0, 0.1) is 5.82 Å². The number of likely N-dealkylation sites (N-methyl/N-ethyl adjacent to an activating group) is 1. The molecule has 0 atom stereocenters. The van der Waals surface area contributed by atoms with Gasteiger partial charge in [-0.15, -0.1) is 0 Å². The Kier molecular flexibility index (Phi) is 6.04. The van der Waals surface area contributed by atoms with Crippen LogP contribution >= 0.6 is 15.9 Å². The molecule has 0 aliphatic carbocycles. The lowest BCUT2D eigenvalue weighted by atomic mass is 10.1. The molecule has 1 aromatic carbocycles. The Labute approximate surface area is 120 Å². The van der Waals surface area contributed by atoms with Crippen molar-refractivity contribution in [2.45, 2.75) is 6.92 Å². The Bertz CT molecular complexity index is 469. The summed E-state index contributed by atoms with van der Waals surface area (Å²) >= 11 is 3.12. The lowest BCUT2D eigenvalue weighted by Crippen LogP contribution is -2.24. The average molecular weight is 334 g/mol. The smallest absolute Gasteiger partial charge is 0.171 e. The van der Waals surface area contributed by atoms with Crippen molar-refractivity contribution in [1.82, 2.24) is 0 Å². The number of nitrogens with zero attached hydrogens (tertiary/aromatic N) is 2. The number of hydrogen-bond acceptors (Lipinski definition) is 4. The topological polar surface area (TPSA) is 71.1 Å². The molecule has 0 amide bonds. The van der Waals surface area contributed by atoms with Crippen LogP contribution in [0.15, 0.2) is 21.8 Å². The summed E-state index contributed by atoms with van der Waals surface area (Å²) in [5.74, 6) is -0.600. The highest BCUT2D eigenvalue weighted by molar-refractivity contribution is 9.10. The van der Waals surface area contributed by atoms with E-state index in [1.165, 1.54) is 0 Å². The van der Waals surface area contributed by atoms with Crippen LogP contribution < -0.4 is 10.6 Å². The zero-order valence-electron chi connectivity index (χ0n) is 10.9. The Balaban J connectivity index is 2.96. The second-order valence-electron chi connectivity index (χ2n) is 3.86. The summed E-state index contributed by atoms with van der Waals surface area (Å²) < 4.78 is 19.6.